The first-order valence-corrected chi connectivity index (χ1v) is 8.26. The number of hydrogen-bond donors (Lipinski definition) is 1. The van der Waals surface area contributed by atoms with Crippen LogP contribution in [0.15, 0.2) is 48.0 Å². The summed E-state index contributed by atoms with van der Waals surface area (Å²) in [4.78, 5) is 12.4. The third-order valence-electron chi connectivity index (χ3n) is 3.64. The third kappa shape index (κ3) is 5.22. The van der Waals surface area contributed by atoms with Crippen molar-refractivity contribution in [3.05, 3.63) is 64.7 Å². The predicted octanol–water partition coefficient (Wildman–Crippen LogP) is 4.64. The lowest BCUT2D eigenvalue weighted by atomic mass is 10.1. The van der Waals surface area contributed by atoms with Crippen LogP contribution in [0.5, 0.6) is 5.75 Å². The number of carbonyl (C=O) groups is 1. The van der Waals surface area contributed by atoms with Gasteiger partial charge in [-0.2, -0.15) is 5.26 Å². The quantitative estimate of drug-likeness (QED) is 0.618. The molecule has 25 heavy (non-hydrogen) atoms. The molecule has 0 aromatic heterocycles. The third-order valence-corrected chi connectivity index (χ3v) is 3.64. The average molecular weight is 334 g/mol. The second-order valence-corrected chi connectivity index (χ2v) is 5.86. The minimum Gasteiger partial charge on any atom is -0.494 e. The van der Waals surface area contributed by atoms with Crippen LogP contribution in [0.4, 0.5) is 5.69 Å². The molecule has 2 rings (SSSR count). The molecule has 128 valence electrons. The monoisotopic (exact) mass is 334 g/mol. The molecule has 1 N–H and O–H groups in total. The van der Waals surface area contributed by atoms with Gasteiger partial charge in [0.1, 0.15) is 17.4 Å². The maximum absolute atomic E-state index is 12.4. The molecule has 0 aliphatic carbocycles. The Hall–Kier alpha value is -3.06. The van der Waals surface area contributed by atoms with E-state index in [1.54, 1.807) is 6.08 Å². The molecule has 0 radical (unpaired) electrons. The average Bonchev–Trinajstić information content (AvgIpc) is 2.60. The van der Waals surface area contributed by atoms with Crippen LogP contribution >= 0.6 is 0 Å². The Balaban J connectivity index is 2.19. The van der Waals surface area contributed by atoms with Crippen molar-refractivity contribution >= 4 is 17.7 Å². The highest BCUT2D eigenvalue weighted by molar-refractivity contribution is 6.10. The summed E-state index contributed by atoms with van der Waals surface area (Å²) in [6.07, 6.45) is 2.49. The molecule has 0 unspecified atom stereocenters. The van der Waals surface area contributed by atoms with Crippen LogP contribution in [0.2, 0.25) is 0 Å². The van der Waals surface area contributed by atoms with Crippen LogP contribution in [0.25, 0.3) is 6.08 Å². The summed E-state index contributed by atoms with van der Waals surface area (Å²) in [5, 5.41) is 12.1. The van der Waals surface area contributed by atoms with E-state index in [4.69, 9.17) is 4.74 Å². The normalized spacial score (nSPS) is 10.9. The molecule has 0 aliphatic rings. The van der Waals surface area contributed by atoms with E-state index in [-0.39, 0.29) is 5.57 Å². The van der Waals surface area contributed by atoms with Crippen molar-refractivity contribution < 1.29 is 9.53 Å². The molecule has 2 aromatic carbocycles. The molecule has 0 fully saturated rings. The molecular formula is C21H22N2O2. The fourth-order valence-electron chi connectivity index (χ4n) is 2.37. The van der Waals surface area contributed by atoms with Crippen LogP contribution in [0, 0.1) is 25.2 Å². The van der Waals surface area contributed by atoms with Crippen LogP contribution in [0.3, 0.4) is 0 Å². The van der Waals surface area contributed by atoms with Gasteiger partial charge in [-0.3, -0.25) is 4.79 Å². The molecule has 1 amide bonds. The Morgan fingerprint density at radius 1 is 1.24 bits per heavy atom. The number of amides is 1. The number of rotatable bonds is 6. The molecule has 0 aliphatic heterocycles. The number of nitrogens with zero attached hydrogens (tertiary/aromatic N) is 1. The summed E-state index contributed by atoms with van der Waals surface area (Å²) in [5.74, 6) is 0.303. The van der Waals surface area contributed by atoms with Crippen molar-refractivity contribution in [1.29, 1.82) is 5.26 Å². The molecule has 0 bridgehead atoms. The largest absolute Gasteiger partial charge is 0.494 e. The number of aryl methyl sites for hydroxylation is 2. The number of benzene rings is 2. The van der Waals surface area contributed by atoms with E-state index in [0.29, 0.717) is 12.3 Å². The van der Waals surface area contributed by atoms with Gasteiger partial charge in [-0.15, -0.1) is 0 Å². The topological polar surface area (TPSA) is 62.1 Å². The van der Waals surface area contributed by atoms with Crippen LogP contribution < -0.4 is 10.1 Å². The summed E-state index contributed by atoms with van der Waals surface area (Å²) in [6.45, 7) is 6.58. The zero-order valence-corrected chi connectivity index (χ0v) is 14.8. The van der Waals surface area contributed by atoms with Gasteiger partial charge in [-0.25, -0.2) is 0 Å². The predicted molar refractivity (Wildman–Crippen MR) is 100 cm³/mol. The van der Waals surface area contributed by atoms with E-state index in [1.807, 2.05) is 69.3 Å². The summed E-state index contributed by atoms with van der Waals surface area (Å²) in [5.41, 5.74) is 3.58. The first kappa shape index (κ1) is 18.3. The second-order valence-electron chi connectivity index (χ2n) is 5.86. The van der Waals surface area contributed by atoms with E-state index in [9.17, 15) is 10.1 Å². The van der Waals surface area contributed by atoms with Crippen molar-refractivity contribution in [2.24, 2.45) is 0 Å². The SMILES string of the molecule is CCCOc1cccc(/C=C(/C#N)C(=O)Nc2ccc(C)cc2C)c1. The lowest BCUT2D eigenvalue weighted by Crippen LogP contribution is -2.14. The lowest BCUT2D eigenvalue weighted by molar-refractivity contribution is -0.112. The second kappa shape index (κ2) is 8.70. The smallest absolute Gasteiger partial charge is 0.266 e. The van der Waals surface area contributed by atoms with Crippen molar-refractivity contribution in [3.8, 4) is 11.8 Å². The molecule has 2 aromatic rings. The van der Waals surface area contributed by atoms with Gasteiger partial charge < -0.3 is 10.1 Å². The molecule has 0 saturated carbocycles. The van der Waals surface area contributed by atoms with Crippen molar-refractivity contribution in [2.75, 3.05) is 11.9 Å². The Morgan fingerprint density at radius 3 is 2.72 bits per heavy atom. The van der Waals surface area contributed by atoms with Gasteiger partial charge >= 0.3 is 0 Å². The van der Waals surface area contributed by atoms with Crippen molar-refractivity contribution in [2.45, 2.75) is 27.2 Å². The molecule has 4 heteroatoms. The number of carbonyl (C=O) groups excluding carboxylic acids is 1. The first-order valence-electron chi connectivity index (χ1n) is 8.26. The Kier molecular flexibility index (Phi) is 6.36. The molecule has 4 nitrogen and oxygen atoms in total. The highest BCUT2D eigenvalue weighted by Crippen LogP contribution is 2.19. The van der Waals surface area contributed by atoms with E-state index in [2.05, 4.69) is 5.32 Å². The number of ether oxygens (including phenoxy) is 1. The standard InChI is InChI=1S/C21H22N2O2/c1-4-10-25-19-7-5-6-17(13-19)12-18(14-22)21(24)23-20-9-8-15(2)11-16(20)3/h5-9,11-13H,4,10H2,1-3H3,(H,23,24)/b18-12-. The van der Waals surface area contributed by atoms with Crippen molar-refractivity contribution in [1.82, 2.24) is 0 Å². The summed E-state index contributed by atoms with van der Waals surface area (Å²) in [6, 6.07) is 15.1. The summed E-state index contributed by atoms with van der Waals surface area (Å²) >= 11 is 0. The minimum absolute atomic E-state index is 0.0487. The molecular weight excluding hydrogens is 312 g/mol. The fourth-order valence-corrected chi connectivity index (χ4v) is 2.37. The highest BCUT2D eigenvalue weighted by Gasteiger charge is 2.11. The summed E-state index contributed by atoms with van der Waals surface area (Å²) in [7, 11) is 0. The number of anilines is 1. The Bertz CT molecular complexity index is 832. The van der Waals surface area contributed by atoms with Gasteiger partial charge in [-0.1, -0.05) is 36.8 Å². The molecule has 0 heterocycles. The van der Waals surface area contributed by atoms with Crippen LogP contribution in [-0.4, -0.2) is 12.5 Å². The van der Waals surface area contributed by atoms with Crippen molar-refractivity contribution in [3.63, 3.8) is 0 Å². The summed E-state index contributed by atoms with van der Waals surface area (Å²) < 4.78 is 5.58. The minimum atomic E-state index is -0.422. The van der Waals surface area contributed by atoms with E-state index >= 15 is 0 Å². The van der Waals surface area contributed by atoms with E-state index in [1.165, 1.54) is 0 Å². The maximum atomic E-state index is 12.4. The van der Waals surface area contributed by atoms with Crippen LogP contribution in [-0.2, 0) is 4.79 Å². The number of hydrogen-bond acceptors (Lipinski definition) is 3. The Morgan fingerprint density at radius 2 is 2.04 bits per heavy atom. The van der Waals surface area contributed by atoms with Gasteiger partial charge in [0.25, 0.3) is 5.91 Å². The van der Waals surface area contributed by atoms with Gasteiger partial charge in [0.05, 0.1) is 6.61 Å². The molecule has 0 atom stereocenters. The van der Waals surface area contributed by atoms with Gasteiger partial charge in [-0.05, 0) is 55.7 Å². The van der Waals surface area contributed by atoms with Gasteiger partial charge in [0.2, 0.25) is 0 Å². The molecule has 0 saturated heterocycles. The number of nitriles is 1. The Labute approximate surface area is 148 Å². The lowest BCUT2D eigenvalue weighted by Gasteiger charge is -2.09. The highest BCUT2D eigenvalue weighted by atomic mass is 16.5. The van der Waals surface area contributed by atoms with Gasteiger partial charge in [0, 0.05) is 5.69 Å². The first-order chi connectivity index (χ1) is 12.0. The zero-order valence-electron chi connectivity index (χ0n) is 14.8. The fraction of sp³-hybridized carbons (Fsp3) is 0.238. The molecule has 0 spiro atoms. The van der Waals surface area contributed by atoms with Crippen LogP contribution in [0.1, 0.15) is 30.0 Å². The van der Waals surface area contributed by atoms with E-state index < -0.39 is 5.91 Å². The number of nitrogens with one attached hydrogen (secondary N) is 1. The van der Waals surface area contributed by atoms with Gasteiger partial charge in [0.15, 0.2) is 0 Å². The zero-order chi connectivity index (χ0) is 18.2. The maximum Gasteiger partial charge on any atom is 0.266 e. The van der Waals surface area contributed by atoms with E-state index in [0.717, 1.165) is 28.9 Å².